The molecular formula is C15H24N2. The maximum Gasteiger partial charge on any atom is 0.0370 e. The molecule has 0 bridgehead atoms. The minimum absolute atomic E-state index is 0.618. The Hall–Kier alpha value is -1.02. The van der Waals surface area contributed by atoms with Crippen molar-refractivity contribution in [3.8, 4) is 0 Å². The van der Waals surface area contributed by atoms with Crippen LogP contribution in [0.1, 0.15) is 37.8 Å². The number of piperazine rings is 1. The van der Waals surface area contributed by atoms with Gasteiger partial charge in [0.25, 0.3) is 0 Å². The molecule has 2 nitrogen and oxygen atoms in total. The fraction of sp³-hybridized carbons (Fsp3) is 0.600. The summed E-state index contributed by atoms with van der Waals surface area (Å²) in [6.45, 7) is 11.3. The molecule has 0 aromatic heterocycles. The summed E-state index contributed by atoms with van der Waals surface area (Å²) < 4.78 is 0. The maximum atomic E-state index is 3.40. The number of aryl methyl sites for hydroxylation is 1. The molecule has 1 heterocycles. The number of nitrogens with zero attached hydrogens (tertiary/aromatic N) is 1. The molecule has 0 unspecified atom stereocenters. The molecule has 1 fully saturated rings. The van der Waals surface area contributed by atoms with E-state index in [-0.39, 0.29) is 0 Å². The van der Waals surface area contributed by atoms with E-state index in [9.17, 15) is 0 Å². The van der Waals surface area contributed by atoms with Crippen molar-refractivity contribution in [3.05, 3.63) is 29.3 Å². The predicted octanol–water partition coefficient (Wildman–Crippen LogP) is 2.78. The summed E-state index contributed by atoms with van der Waals surface area (Å²) in [4.78, 5) is 2.49. The Labute approximate surface area is 105 Å². The van der Waals surface area contributed by atoms with Gasteiger partial charge in [0.2, 0.25) is 0 Å². The molecule has 0 atom stereocenters. The van der Waals surface area contributed by atoms with E-state index in [1.165, 1.54) is 16.8 Å². The van der Waals surface area contributed by atoms with Crippen molar-refractivity contribution in [2.45, 2.75) is 33.1 Å². The Balaban J connectivity index is 2.26. The molecule has 0 spiro atoms. The molecule has 1 aliphatic heterocycles. The van der Waals surface area contributed by atoms with Gasteiger partial charge in [-0.3, -0.25) is 0 Å². The molecule has 0 saturated carbocycles. The first kappa shape index (κ1) is 12.4. The van der Waals surface area contributed by atoms with Crippen LogP contribution < -0.4 is 10.2 Å². The van der Waals surface area contributed by atoms with Gasteiger partial charge in [-0.2, -0.15) is 0 Å². The number of rotatable bonds is 3. The highest BCUT2D eigenvalue weighted by molar-refractivity contribution is 5.52. The van der Waals surface area contributed by atoms with Crippen LogP contribution in [-0.2, 0) is 6.42 Å². The van der Waals surface area contributed by atoms with Crippen molar-refractivity contribution >= 4 is 5.69 Å². The van der Waals surface area contributed by atoms with Crippen molar-refractivity contribution in [2.24, 2.45) is 0 Å². The van der Waals surface area contributed by atoms with E-state index >= 15 is 0 Å². The highest BCUT2D eigenvalue weighted by atomic mass is 15.2. The number of nitrogens with one attached hydrogen (secondary N) is 1. The Morgan fingerprint density at radius 2 is 1.94 bits per heavy atom. The molecular weight excluding hydrogens is 208 g/mol. The average Bonchev–Trinajstić information content (AvgIpc) is 2.39. The third kappa shape index (κ3) is 2.81. The molecule has 1 N–H and O–H groups in total. The lowest BCUT2D eigenvalue weighted by Gasteiger charge is -2.30. The molecule has 2 rings (SSSR count). The molecule has 1 aliphatic rings. The molecule has 0 radical (unpaired) electrons. The van der Waals surface area contributed by atoms with Gasteiger partial charge >= 0.3 is 0 Å². The largest absolute Gasteiger partial charge is 0.369 e. The number of hydrogen-bond donors (Lipinski definition) is 1. The van der Waals surface area contributed by atoms with Crippen LogP contribution in [0.3, 0.4) is 0 Å². The van der Waals surface area contributed by atoms with Crippen molar-refractivity contribution in [3.63, 3.8) is 0 Å². The molecule has 0 amide bonds. The summed E-state index contributed by atoms with van der Waals surface area (Å²) in [7, 11) is 0. The highest BCUT2D eigenvalue weighted by Gasteiger charge is 2.13. The van der Waals surface area contributed by atoms with Crippen molar-refractivity contribution in [2.75, 3.05) is 31.1 Å². The quantitative estimate of drug-likeness (QED) is 0.862. The number of hydrogen-bond acceptors (Lipinski definition) is 2. The second-order valence-electron chi connectivity index (χ2n) is 5.13. The minimum atomic E-state index is 0.618. The third-order valence-electron chi connectivity index (χ3n) is 3.61. The summed E-state index contributed by atoms with van der Waals surface area (Å²) in [6.07, 6.45) is 1.13. The van der Waals surface area contributed by atoms with E-state index in [1.54, 1.807) is 0 Å². The van der Waals surface area contributed by atoms with Crippen molar-refractivity contribution < 1.29 is 0 Å². The normalized spacial score (nSPS) is 16.6. The first-order chi connectivity index (χ1) is 8.22. The van der Waals surface area contributed by atoms with E-state index in [1.807, 2.05) is 0 Å². The maximum absolute atomic E-state index is 3.40. The summed E-state index contributed by atoms with van der Waals surface area (Å²) in [5.74, 6) is 0.618. The molecule has 94 valence electrons. The second kappa shape index (κ2) is 5.54. The minimum Gasteiger partial charge on any atom is -0.369 e. The molecule has 17 heavy (non-hydrogen) atoms. The van der Waals surface area contributed by atoms with Crippen LogP contribution in [-0.4, -0.2) is 26.2 Å². The Morgan fingerprint density at radius 3 is 2.53 bits per heavy atom. The summed E-state index contributed by atoms with van der Waals surface area (Å²) in [5.41, 5.74) is 4.41. The van der Waals surface area contributed by atoms with Crippen LogP contribution in [0.4, 0.5) is 5.69 Å². The van der Waals surface area contributed by atoms with Crippen LogP contribution >= 0.6 is 0 Å². The van der Waals surface area contributed by atoms with Crippen LogP contribution in [0.15, 0.2) is 18.2 Å². The van der Waals surface area contributed by atoms with Crippen LogP contribution in [0.25, 0.3) is 0 Å². The van der Waals surface area contributed by atoms with Gasteiger partial charge in [-0.1, -0.05) is 26.8 Å². The predicted molar refractivity (Wildman–Crippen MR) is 75.0 cm³/mol. The van der Waals surface area contributed by atoms with Gasteiger partial charge in [-0.05, 0) is 35.6 Å². The average molecular weight is 232 g/mol. The lowest BCUT2D eigenvalue weighted by Crippen LogP contribution is -2.43. The van der Waals surface area contributed by atoms with E-state index in [2.05, 4.69) is 49.2 Å². The molecule has 1 saturated heterocycles. The van der Waals surface area contributed by atoms with Gasteiger partial charge in [0.1, 0.15) is 0 Å². The molecule has 1 aromatic carbocycles. The van der Waals surface area contributed by atoms with E-state index < -0.39 is 0 Å². The Kier molecular flexibility index (Phi) is 4.06. The number of benzene rings is 1. The van der Waals surface area contributed by atoms with Gasteiger partial charge in [0, 0.05) is 31.9 Å². The third-order valence-corrected chi connectivity index (χ3v) is 3.61. The molecule has 0 aliphatic carbocycles. The van der Waals surface area contributed by atoms with Crippen LogP contribution in [0.2, 0.25) is 0 Å². The zero-order chi connectivity index (χ0) is 12.3. The SMILES string of the molecule is CCc1ccc(N2CCNCC2)cc1C(C)C. The van der Waals surface area contributed by atoms with Crippen molar-refractivity contribution in [1.29, 1.82) is 0 Å². The van der Waals surface area contributed by atoms with Crippen molar-refractivity contribution in [1.82, 2.24) is 5.32 Å². The topological polar surface area (TPSA) is 15.3 Å². The first-order valence-electron chi connectivity index (χ1n) is 6.81. The zero-order valence-corrected chi connectivity index (χ0v) is 11.3. The lowest BCUT2D eigenvalue weighted by atomic mass is 9.95. The van der Waals surface area contributed by atoms with Gasteiger partial charge in [-0.15, -0.1) is 0 Å². The van der Waals surface area contributed by atoms with Gasteiger partial charge in [0.15, 0.2) is 0 Å². The van der Waals surface area contributed by atoms with E-state index in [0.717, 1.165) is 32.6 Å². The highest BCUT2D eigenvalue weighted by Crippen LogP contribution is 2.26. The van der Waals surface area contributed by atoms with Gasteiger partial charge in [-0.25, -0.2) is 0 Å². The zero-order valence-electron chi connectivity index (χ0n) is 11.3. The second-order valence-corrected chi connectivity index (χ2v) is 5.13. The first-order valence-corrected chi connectivity index (χ1v) is 6.81. The summed E-state index contributed by atoms with van der Waals surface area (Å²) >= 11 is 0. The van der Waals surface area contributed by atoms with Gasteiger partial charge in [0.05, 0.1) is 0 Å². The van der Waals surface area contributed by atoms with Gasteiger partial charge < -0.3 is 10.2 Å². The number of anilines is 1. The summed E-state index contributed by atoms with van der Waals surface area (Å²) in [6, 6.07) is 7.00. The smallest absolute Gasteiger partial charge is 0.0370 e. The fourth-order valence-corrected chi connectivity index (χ4v) is 2.56. The molecule has 1 aromatic rings. The van der Waals surface area contributed by atoms with Crippen LogP contribution in [0.5, 0.6) is 0 Å². The lowest BCUT2D eigenvalue weighted by molar-refractivity contribution is 0.589. The Bertz CT molecular complexity index is 365. The van der Waals surface area contributed by atoms with E-state index in [4.69, 9.17) is 0 Å². The Morgan fingerprint density at radius 1 is 1.24 bits per heavy atom. The fourth-order valence-electron chi connectivity index (χ4n) is 2.56. The van der Waals surface area contributed by atoms with E-state index in [0.29, 0.717) is 5.92 Å². The molecule has 2 heteroatoms. The monoisotopic (exact) mass is 232 g/mol. The summed E-state index contributed by atoms with van der Waals surface area (Å²) in [5, 5.41) is 3.40. The standard InChI is InChI=1S/C15H24N2/c1-4-13-5-6-14(11-15(13)12(2)3)17-9-7-16-8-10-17/h5-6,11-12,16H,4,7-10H2,1-3H3. The van der Waals surface area contributed by atoms with Crippen LogP contribution in [0, 0.1) is 0 Å².